The maximum Gasteiger partial charge on any atom is 0.292 e. The Labute approximate surface area is 84.3 Å². The highest BCUT2D eigenvalue weighted by atomic mass is 19.3. The van der Waals surface area contributed by atoms with E-state index in [9.17, 15) is 18.9 Å². The van der Waals surface area contributed by atoms with Crippen molar-refractivity contribution in [1.82, 2.24) is 0 Å². The molecule has 0 aromatic heterocycles. The van der Waals surface area contributed by atoms with Crippen molar-refractivity contribution >= 4 is 11.4 Å². The van der Waals surface area contributed by atoms with Crippen molar-refractivity contribution in [3.05, 3.63) is 34.4 Å². The molecule has 0 bridgehead atoms. The maximum absolute atomic E-state index is 12.6. The lowest BCUT2D eigenvalue weighted by Gasteiger charge is -2.39. The van der Waals surface area contributed by atoms with Crippen LogP contribution < -0.4 is 4.90 Å². The van der Waals surface area contributed by atoms with Crippen molar-refractivity contribution < 1.29 is 13.7 Å². The number of nitrogens with zero attached hydrogens (tertiary/aromatic N) is 2. The van der Waals surface area contributed by atoms with Crippen molar-refractivity contribution in [1.29, 1.82) is 0 Å². The molecule has 2 rings (SSSR count). The Balaban J connectivity index is 2.26. The third-order valence-electron chi connectivity index (χ3n) is 2.26. The molecule has 15 heavy (non-hydrogen) atoms. The van der Waals surface area contributed by atoms with Gasteiger partial charge >= 0.3 is 0 Å². The Bertz CT molecular complexity index is 401. The van der Waals surface area contributed by atoms with Gasteiger partial charge in [0.15, 0.2) is 0 Å². The lowest BCUT2D eigenvalue weighted by molar-refractivity contribution is -0.384. The number of hydrogen-bond donors (Lipinski definition) is 0. The van der Waals surface area contributed by atoms with Crippen molar-refractivity contribution in [3.63, 3.8) is 0 Å². The Morgan fingerprint density at radius 2 is 1.93 bits per heavy atom. The molecule has 0 atom stereocenters. The third kappa shape index (κ3) is 1.74. The van der Waals surface area contributed by atoms with Crippen LogP contribution in [0.15, 0.2) is 24.3 Å². The zero-order chi connectivity index (χ0) is 11.1. The summed E-state index contributed by atoms with van der Waals surface area (Å²) < 4.78 is 25.2. The number of benzene rings is 1. The van der Waals surface area contributed by atoms with E-state index >= 15 is 0 Å². The van der Waals surface area contributed by atoms with Crippen LogP contribution in [0.3, 0.4) is 0 Å². The summed E-state index contributed by atoms with van der Waals surface area (Å²) in [6.45, 7) is -0.893. The van der Waals surface area contributed by atoms with E-state index in [4.69, 9.17) is 0 Å². The quantitative estimate of drug-likeness (QED) is 0.559. The third-order valence-corrected chi connectivity index (χ3v) is 2.26. The van der Waals surface area contributed by atoms with Crippen LogP contribution in [0.4, 0.5) is 20.2 Å². The molecule has 1 heterocycles. The van der Waals surface area contributed by atoms with E-state index in [2.05, 4.69) is 0 Å². The van der Waals surface area contributed by atoms with Crippen LogP contribution in [-0.2, 0) is 0 Å². The molecule has 1 saturated heterocycles. The van der Waals surface area contributed by atoms with Gasteiger partial charge in [0.05, 0.1) is 18.0 Å². The summed E-state index contributed by atoms with van der Waals surface area (Å²) in [6, 6.07) is 5.90. The molecular weight excluding hydrogens is 206 g/mol. The fourth-order valence-corrected chi connectivity index (χ4v) is 1.57. The number of para-hydroxylation sites is 2. The van der Waals surface area contributed by atoms with Gasteiger partial charge in [-0.2, -0.15) is 0 Å². The van der Waals surface area contributed by atoms with Gasteiger partial charge in [-0.15, -0.1) is 0 Å². The summed E-state index contributed by atoms with van der Waals surface area (Å²) in [7, 11) is 0. The fraction of sp³-hybridized carbons (Fsp3) is 0.333. The van der Waals surface area contributed by atoms with Crippen LogP contribution in [0, 0.1) is 10.1 Å². The Morgan fingerprint density at radius 3 is 2.47 bits per heavy atom. The van der Waals surface area contributed by atoms with Crippen LogP contribution in [0.25, 0.3) is 0 Å². The van der Waals surface area contributed by atoms with Gasteiger partial charge in [0.1, 0.15) is 5.69 Å². The van der Waals surface area contributed by atoms with Crippen LogP contribution in [-0.4, -0.2) is 23.9 Å². The second-order valence-electron chi connectivity index (χ2n) is 3.46. The van der Waals surface area contributed by atoms with Gasteiger partial charge < -0.3 is 4.90 Å². The standard InChI is InChI=1S/C9H8F2N2O2/c10-9(11)5-12(6-9)7-3-1-2-4-8(7)13(14)15/h1-4H,5-6H2. The summed E-state index contributed by atoms with van der Waals surface area (Å²) in [4.78, 5) is 11.4. The minimum absolute atomic E-state index is 0.131. The Kier molecular flexibility index (Phi) is 2.06. The molecule has 1 aromatic rings. The summed E-state index contributed by atoms with van der Waals surface area (Å²) >= 11 is 0. The highest BCUT2D eigenvalue weighted by Gasteiger charge is 2.45. The summed E-state index contributed by atoms with van der Waals surface area (Å²) in [6.07, 6.45) is 0. The molecule has 0 saturated carbocycles. The first-order valence-electron chi connectivity index (χ1n) is 4.36. The molecule has 1 aliphatic rings. The zero-order valence-electron chi connectivity index (χ0n) is 7.69. The minimum Gasteiger partial charge on any atom is -0.354 e. The molecule has 0 aliphatic carbocycles. The molecule has 0 spiro atoms. The number of rotatable bonds is 2. The predicted octanol–water partition coefficient (Wildman–Crippen LogP) is 2.05. The molecule has 0 unspecified atom stereocenters. The first-order valence-corrected chi connectivity index (χ1v) is 4.36. The number of halogens is 2. The van der Waals surface area contributed by atoms with E-state index < -0.39 is 23.9 Å². The van der Waals surface area contributed by atoms with E-state index in [0.717, 1.165) is 0 Å². The van der Waals surface area contributed by atoms with Crippen molar-refractivity contribution in [2.45, 2.75) is 5.92 Å². The van der Waals surface area contributed by atoms with Gasteiger partial charge in [0.2, 0.25) is 0 Å². The largest absolute Gasteiger partial charge is 0.354 e. The number of alkyl halides is 2. The number of anilines is 1. The van der Waals surface area contributed by atoms with Crippen molar-refractivity contribution in [2.75, 3.05) is 18.0 Å². The second-order valence-corrected chi connectivity index (χ2v) is 3.46. The lowest BCUT2D eigenvalue weighted by Crippen LogP contribution is -2.56. The van der Waals surface area contributed by atoms with Gasteiger partial charge in [0.25, 0.3) is 11.6 Å². The van der Waals surface area contributed by atoms with Gasteiger partial charge in [0, 0.05) is 6.07 Å². The number of hydrogen-bond acceptors (Lipinski definition) is 3. The second kappa shape index (κ2) is 3.15. The van der Waals surface area contributed by atoms with E-state index in [1.165, 1.54) is 23.1 Å². The highest BCUT2D eigenvalue weighted by molar-refractivity contribution is 5.64. The van der Waals surface area contributed by atoms with Crippen LogP contribution in [0.5, 0.6) is 0 Å². The highest BCUT2D eigenvalue weighted by Crippen LogP contribution is 2.36. The molecule has 1 fully saturated rings. The smallest absolute Gasteiger partial charge is 0.292 e. The van der Waals surface area contributed by atoms with Gasteiger partial charge in [-0.25, -0.2) is 8.78 Å². The molecule has 80 valence electrons. The summed E-state index contributed by atoms with van der Waals surface area (Å²) in [5, 5.41) is 10.6. The van der Waals surface area contributed by atoms with Crippen molar-refractivity contribution in [2.24, 2.45) is 0 Å². The minimum atomic E-state index is -2.72. The molecule has 1 aromatic carbocycles. The van der Waals surface area contributed by atoms with E-state index in [-0.39, 0.29) is 11.4 Å². The van der Waals surface area contributed by atoms with E-state index in [1.807, 2.05) is 0 Å². The predicted molar refractivity (Wildman–Crippen MR) is 50.3 cm³/mol. The van der Waals surface area contributed by atoms with Gasteiger partial charge in [-0.3, -0.25) is 10.1 Å². The normalized spacial score (nSPS) is 18.4. The molecule has 4 nitrogen and oxygen atoms in total. The molecule has 1 aliphatic heterocycles. The molecule has 0 radical (unpaired) electrons. The van der Waals surface area contributed by atoms with Crippen LogP contribution >= 0.6 is 0 Å². The van der Waals surface area contributed by atoms with Crippen LogP contribution in [0.2, 0.25) is 0 Å². The summed E-state index contributed by atoms with van der Waals surface area (Å²) in [5.74, 6) is -2.72. The van der Waals surface area contributed by atoms with E-state index in [0.29, 0.717) is 0 Å². The van der Waals surface area contributed by atoms with Gasteiger partial charge in [-0.1, -0.05) is 12.1 Å². The monoisotopic (exact) mass is 214 g/mol. The van der Waals surface area contributed by atoms with Crippen LogP contribution in [0.1, 0.15) is 0 Å². The topological polar surface area (TPSA) is 46.4 Å². The lowest BCUT2D eigenvalue weighted by atomic mass is 10.1. The average Bonchev–Trinajstić information content (AvgIpc) is 2.14. The van der Waals surface area contributed by atoms with E-state index in [1.54, 1.807) is 6.07 Å². The molecule has 0 amide bonds. The van der Waals surface area contributed by atoms with Gasteiger partial charge in [-0.05, 0) is 6.07 Å². The number of nitro benzene ring substituents is 1. The Hall–Kier alpha value is -1.72. The zero-order valence-corrected chi connectivity index (χ0v) is 7.69. The van der Waals surface area contributed by atoms with Crippen molar-refractivity contribution in [3.8, 4) is 0 Å². The first kappa shape index (κ1) is 9.82. The Morgan fingerprint density at radius 1 is 1.33 bits per heavy atom. The summed E-state index contributed by atoms with van der Waals surface area (Å²) in [5.41, 5.74) is 0.126. The molecule has 0 N–H and O–H groups in total. The average molecular weight is 214 g/mol. The molecule has 6 heteroatoms. The number of nitro groups is 1. The fourth-order valence-electron chi connectivity index (χ4n) is 1.57. The molecular formula is C9H8F2N2O2. The maximum atomic E-state index is 12.6. The SMILES string of the molecule is O=[N+]([O-])c1ccccc1N1CC(F)(F)C1. The first-order chi connectivity index (χ1) is 6.99.